The average Bonchev–Trinajstić information content (AvgIpc) is 3.26. The Kier molecular flexibility index (Phi) is 4.09. The van der Waals surface area contributed by atoms with Crippen molar-refractivity contribution in [2.24, 2.45) is 0 Å². The van der Waals surface area contributed by atoms with Crippen LogP contribution in [0.1, 0.15) is 32.8 Å². The van der Waals surface area contributed by atoms with Crippen molar-refractivity contribution in [2.45, 2.75) is 20.5 Å². The number of ketones is 1. The van der Waals surface area contributed by atoms with Crippen LogP contribution in [0.15, 0.2) is 65.0 Å². The summed E-state index contributed by atoms with van der Waals surface area (Å²) in [6, 6.07) is 15.3. The van der Waals surface area contributed by atoms with E-state index in [1.54, 1.807) is 30.5 Å². The molecular formula is C22H18O4. The Bertz CT molecular complexity index is 980. The Morgan fingerprint density at radius 2 is 1.85 bits per heavy atom. The molecule has 0 aliphatic carbocycles. The molecule has 0 saturated carbocycles. The van der Waals surface area contributed by atoms with E-state index in [4.69, 9.17) is 13.9 Å². The molecule has 2 aromatic carbocycles. The minimum atomic E-state index is -0.149. The van der Waals surface area contributed by atoms with Crippen molar-refractivity contribution in [1.82, 2.24) is 0 Å². The number of ether oxygens (including phenoxy) is 2. The van der Waals surface area contributed by atoms with Crippen molar-refractivity contribution in [2.75, 3.05) is 0 Å². The lowest BCUT2D eigenvalue weighted by Crippen LogP contribution is -1.98. The van der Waals surface area contributed by atoms with Gasteiger partial charge in [0.2, 0.25) is 5.78 Å². The molecular weight excluding hydrogens is 328 g/mol. The van der Waals surface area contributed by atoms with E-state index < -0.39 is 0 Å². The smallest absolute Gasteiger partial charge is 0.232 e. The topological polar surface area (TPSA) is 48.7 Å². The van der Waals surface area contributed by atoms with Gasteiger partial charge in [0.25, 0.3) is 0 Å². The number of rotatable bonds is 4. The fourth-order valence-electron chi connectivity index (χ4n) is 2.87. The van der Waals surface area contributed by atoms with Crippen molar-refractivity contribution >= 4 is 11.9 Å². The highest BCUT2D eigenvalue weighted by Crippen LogP contribution is 2.39. The Balaban J connectivity index is 1.56. The number of carbonyl (C=O) groups is 1. The lowest BCUT2D eigenvalue weighted by atomic mass is 10.1. The van der Waals surface area contributed by atoms with Gasteiger partial charge in [-0.1, -0.05) is 29.8 Å². The highest BCUT2D eigenvalue weighted by molar-refractivity contribution is 6.14. The minimum Gasteiger partial charge on any atom is -0.488 e. The molecule has 26 heavy (non-hydrogen) atoms. The predicted octanol–water partition coefficient (Wildman–Crippen LogP) is 5.09. The summed E-state index contributed by atoms with van der Waals surface area (Å²) in [5.41, 5.74) is 3.66. The van der Waals surface area contributed by atoms with Crippen molar-refractivity contribution in [3.8, 4) is 11.5 Å². The van der Waals surface area contributed by atoms with Crippen LogP contribution in [0.3, 0.4) is 0 Å². The first-order valence-electron chi connectivity index (χ1n) is 8.41. The van der Waals surface area contributed by atoms with Gasteiger partial charge in [-0.3, -0.25) is 4.79 Å². The van der Waals surface area contributed by atoms with Crippen LogP contribution in [0.4, 0.5) is 0 Å². The van der Waals surface area contributed by atoms with Crippen LogP contribution in [0.2, 0.25) is 0 Å². The Labute approximate surface area is 151 Å². The summed E-state index contributed by atoms with van der Waals surface area (Å²) < 4.78 is 17.0. The molecule has 1 aliphatic rings. The number of Topliss-reactive ketones (excluding diaryl/α,β-unsaturated/α-hetero) is 1. The number of hydrogen-bond acceptors (Lipinski definition) is 4. The van der Waals surface area contributed by atoms with Gasteiger partial charge in [0, 0.05) is 11.6 Å². The molecule has 1 aliphatic heterocycles. The van der Waals surface area contributed by atoms with Crippen LogP contribution < -0.4 is 9.47 Å². The molecule has 0 saturated heterocycles. The molecule has 4 nitrogen and oxygen atoms in total. The fraction of sp³-hybridized carbons (Fsp3) is 0.136. The van der Waals surface area contributed by atoms with E-state index in [-0.39, 0.29) is 11.5 Å². The van der Waals surface area contributed by atoms with E-state index >= 15 is 0 Å². The quantitative estimate of drug-likeness (QED) is 0.617. The molecule has 0 atom stereocenters. The number of fused-ring (bicyclic) bond motifs is 1. The third kappa shape index (κ3) is 3.02. The highest BCUT2D eigenvalue weighted by Gasteiger charge is 2.30. The standard InChI is InChI=1S/C22H18O4/c1-14-5-7-16(8-6-14)13-25-19-10-9-18-21(23)20(26-22(18)15(19)2)12-17-4-3-11-24-17/h3-12H,13H2,1-2H3/b20-12-. The van der Waals surface area contributed by atoms with Crippen LogP contribution in [0.25, 0.3) is 6.08 Å². The van der Waals surface area contributed by atoms with E-state index in [2.05, 4.69) is 19.1 Å². The largest absolute Gasteiger partial charge is 0.488 e. The summed E-state index contributed by atoms with van der Waals surface area (Å²) in [6.45, 7) is 4.41. The summed E-state index contributed by atoms with van der Waals surface area (Å²) in [6.07, 6.45) is 3.16. The predicted molar refractivity (Wildman–Crippen MR) is 98.3 cm³/mol. The molecule has 0 fully saturated rings. The summed E-state index contributed by atoms with van der Waals surface area (Å²) in [7, 11) is 0. The maximum Gasteiger partial charge on any atom is 0.232 e. The molecule has 130 valence electrons. The normalized spacial score (nSPS) is 14.4. The highest BCUT2D eigenvalue weighted by atomic mass is 16.5. The maximum atomic E-state index is 12.5. The summed E-state index contributed by atoms with van der Waals surface area (Å²) in [5.74, 6) is 1.94. The molecule has 0 amide bonds. The van der Waals surface area contributed by atoms with Crippen LogP contribution in [-0.4, -0.2) is 5.78 Å². The lowest BCUT2D eigenvalue weighted by molar-refractivity contribution is 0.101. The number of benzene rings is 2. The molecule has 0 radical (unpaired) electrons. The van der Waals surface area contributed by atoms with Gasteiger partial charge in [-0.2, -0.15) is 0 Å². The molecule has 2 heterocycles. The first-order valence-corrected chi connectivity index (χ1v) is 8.41. The second kappa shape index (κ2) is 6.56. The first kappa shape index (κ1) is 16.2. The van der Waals surface area contributed by atoms with Crippen LogP contribution >= 0.6 is 0 Å². The Morgan fingerprint density at radius 1 is 1.04 bits per heavy atom. The van der Waals surface area contributed by atoms with E-state index in [9.17, 15) is 4.79 Å². The molecule has 0 spiro atoms. The van der Waals surface area contributed by atoms with Gasteiger partial charge in [0.1, 0.15) is 23.9 Å². The lowest BCUT2D eigenvalue weighted by Gasteiger charge is -2.11. The van der Waals surface area contributed by atoms with E-state index in [0.29, 0.717) is 29.4 Å². The van der Waals surface area contributed by atoms with Crippen LogP contribution in [-0.2, 0) is 6.61 Å². The summed E-state index contributed by atoms with van der Waals surface area (Å²) in [5, 5.41) is 0. The molecule has 1 aromatic heterocycles. The SMILES string of the molecule is Cc1ccc(COc2ccc3c(c2C)O/C(=C\c2ccco2)C3=O)cc1. The number of allylic oxidation sites excluding steroid dienone is 1. The van der Waals surface area contributed by atoms with Gasteiger partial charge in [-0.15, -0.1) is 0 Å². The molecule has 4 heteroatoms. The monoisotopic (exact) mass is 346 g/mol. The maximum absolute atomic E-state index is 12.5. The minimum absolute atomic E-state index is 0.149. The third-order valence-electron chi connectivity index (χ3n) is 4.37. The number of hydrogen-bond donors (Lipinski definition) is 0. The van der Waals surface area contributed by atoms with Gasteiger partial charge < -0.3 is 13.9 Å². The second-order valence-electron chi connectivity index (χ2n) is 6.29. The summed E-state index contributed by atoms with van der Waals surface area (Å²) >= 11 is 0. The van der Waals surface area contributed by atoms with Gasteiger partial charge >= 0.3 is 0 Å². The number of carbonyl (C=O) groups excluding carboxylic acids is 1. The zero-order valence-corrected chi connectivity index (χ0v) is 14.6. The third-order valence-corrected chi connectivity index (χ3v) is 4.37. The summed E-state index contributed by atoms with van der Waals surface area (Å²) in [4.78, 5) is 12.5. The van der Waals surface area contributed by atoms with Gasteiger partial charge in [-0.25, -0.2) is 0 Å². The van der Waals surface area contributed by atoms with Gasteiger partial charge in [0.05, 0.1) is 11.8 Å². The Hall–Kier alpha value is -3.27. The molecule has 3 aromatic rings. The van der Waals surface area contributed by atoms with Crippen molar-refractivity contribution in [3.05, 3.63) is 88.6 Å². The van der Waals surface area contributed by atoms with Crippen LogP contribution in [0.5, 0.6) is 11.5 Å². The molecule has 0 N–H and O–H groups in total. The zero-order chi connectivity index (χ0) is 18.1. The van der Waals surface area contributed by atoms with Gasteiger partial charge in [0.15, 0.2) is 5.76 Å². The zero-order valence-electron chi connectivity index (χ0n) is 14.6. The van der Waals surface area contributed by atoms with E-state index in [1.807, 2.05) is 25.1 Å². The van der Waals surface area contributed by atoms with Crippen molar-refractivity contribution in [1.29, 1.82) is 0 Å². The average molecular weight is 346 g/mol. The Morgan fingerprint density at radius 3 is 2.58 bits per heavy atom. The number of furan rings is 1. The van der Waals surface area contributed by atoms with Gasteiger partial charge in [-0.05, 0) is 43.7 Å². The molecule has 0 unspecified atom stereocenters. The fourth-order valence-corrected chi connectivity index (χ4v) is 2.87. The second-order valence-corrected chi connectivity index (χ2v) is 6.29. The van der Waals surface area contributed by atoms with Crippen molar-refractivity contribution < 1.29 is 18.7 Å². The van der Waals surface area contributed by atoms with Crippen LogP contribution in [0, 0.1) is 13.8 Å². The molecule has 0 bridgehead atoms. The molecule has 4 rings (SSSR count). The number of aryl methyl sites for hydroxylation is 1. The van der Waals surface area contributed by atoms with E-state index in [1.165, 1.54) is 5.56 Å². The first-order chi connectivity index (χ1) is 12.6. The van der Waals surface area contributed by atoms with Crippen molar-refractivity contribution in [3.63, 3.8) is 0 Å². The van der Waals surface area contributed by atoms with E-state index in [0.717, 1.165) is 11.1 Å².